The number of aromatic nitrogens is 2. The predicted molar refractivity (Wildman–Crippen MR) is 86.6 cm³/mol. The molecule has 0 fully saturated rings. The molecular formula is C16H17N3O2S. The number of methoxy groups -OCH3 is 1. The maximum atomic E-state index is 12.2. The SMILES string of the molecule is COCc1nc2ccccc2n1CC(=O)NCc1cccs1. The second-order valence-corrected chi connectivity index (χ2v) is 5.92. The van der Waals surface area contributed by atoms with E-state index < -0.39 is 0 Å². The summed E-state index contributed by atoms with van der Waals surface area (Å²) >= 11 is 1.63. The van der Waals surface area contributed by atoms with Crippen LogP contribution in [-0.4, -0.2) is 22.6 Å². The first-order chi connectivity index (χ1) is 10.8. The first kappa shape index (κ1) is 14.7. The largest absolute Gasteiger partial charge is 0.377 e. The van der Waals surface area contributed by atoms with Gasteiger partial charge in [-0.15, -0.1) is 11.3 Å². The van der Waals surface area contributed by atoms with Crippen LogP contribution in [0.5, 0.6) is 0 Å². The van der Waals surface area contributed by atoms with E-state index in [1.54, 1.807) is 18.4 Å². The summed E-state index contributed by atoms with van der Waals surface area (Å²) in [6.07, 6.45) is 0. The molecule has 3 aromatic rings. The van der Waals surface area contributed by atoms with E-state index in [-0.39, 0.29) is 12.5 Å². The summed E-state index contributed by atoms with van der Waals surface area (Å²) in [4.78, 5) is 17.9. The maximum absolute atomic E-state index is 12.2. The molecule has 0 radical (unpaired) electrons. The fraction of sp³-hybridized carbons (Fsp3) is 0.250. The summed E-state index contributed by atoms with van der Waals surface area (Å²) in [5, 5.41) is 4.94. The summed E-state index contributed by atoms with van der Waals surface area (Å²) in [6.45, 7) is 1.18. The number of hydrogen-bond donors (Lipinski definition) is 1. The van der Waals surface area contributed by atoms with E-state index in [1.165, 1.54) is 0 Å². The van der Waals surface area contributed by atoms with Gasteiger partial charge in [-0.05, 0) is 23.6 Å². The maximum Gasteiger partial charge on any atom is 0.240 e. The van der Waals surface area contributed by atoms with E-state index in [9.17, 15) is 4.79 Å². The normalized spacial score (nSPS) is 11.0. The van der Waals surface area contributed by atoms with Gasteiger partial charge in [0.15, 0.2) is 0 Å². The number of carbonyl (C=O) groups excluding carboxylic acids is 1. The van der Waals surface area contributed by atoms with Gasteiger partial charge in [0.1, 0.15) is 19.0 Å². The molecule has 1 aromatic carbocycles. The Balaban J connectivity index is 1.76. The molecule has 1 N–H and O–H groups in total. The lowest BCUT2D eigenvalue weighted by molar-refractivity contribution is -0.121. The minimum Gasteiger partial charge on any atom is -0.377 e. The summed E-state index contributed by atoms with van der Waals surface area (Å²) in [7, 11) is 1.63. The molecular weight excluding hydrogens is 298 g/mol. The van der Waals surface area contributed by atoms with Crippen LogP contribution >= 0.6 is 11.3 Å². The number of benzene rings is 1. The highest BCUT2D eigenvalue weighted by Gasteiger charge is 2.13. The van der Waals surface area contributed by atoms with Gasteiger partial charge in [0.25, 0.3) is 0 Å². The summed E-state index contributed by atoms with van der Waals surface area (Å²) in [5.41, 5.74) is 1.82. The van der Waals surface area contributed by atoms with Crippen molar-refractivity contribution in [2.45, 2.75) is 19.7 Å². The molecule has 22 heavy (non-hydrogen) atoms. The van der Waals surface area contributed by atoms with Crippen LogP contribution < -0.4 is 5.32 Å². The first-order valence-corrected chi connectivity index (χ1v) is 7.88. The Kier molecular flexibility index (Phi) is 4.50. The van der Waals surface area contributed by atoms with Gasteiger partial charge in [0, 0.05) is 12.0 Å². The first-order valence-electron chi connectivity index (χ1n) is 7.00. The van der Waals surface area contributed by atoms with Crippen LogP contribution in [0.3, 0.4) is 0 Å². The van der Waals surface area contributed by atoms with Crippen LogP contribution in [0.2, 0.25) is 0 Å². The number of hydrogen-bond acceptors (Lipinski definition) is 4. The van der Waals surface area contributed by atoms with Gasteiger partial charge in [-0.25, -0.2) is 4.98 Å². The van der Waals surface area contributed by atoms with Crippen molar-refractivity contribution in [2.24, 2.45) is 0 Å². The van der Waals surface area contributed by atoms with E-state index in [4.69, 9.17) is 4.74 Å². The summed E-state index contributed by atoms with van der Waals surface area (Å²) < 4.78 is 7.09. The number of nitrogens with zero attached hydrogens (tertiary/aromatic N) is 2. The number of amides is 1. The van der Waals surface area contributed by atoms with Crippen LogP contribution in [0.25, 0.3) is 11.0 Å². The minimum absolute atomic E-state index is 0.0334. The third kappa shape index (κ3) is 3.18. The van der Waals surface area contributed by atoms with Crippen molar-refractivity contribution in [3.05, 3.63) is 52.5 Å². The molecule has 0 spiro atoms. The number of ether oxygens (including phenoxy) is 1. The van der Waals surface area contributed by atoms with Crippen molar-refractivity contribution in [1.29, 1.82) is 0 Å². The van der Waals surface area contributed by atoms with Crippen LogP contribution in [0.4, 0.5) is 0 Å². The molecule has 0 atom stereocenters. The fourth-order valence-corrected chi connectivity index (χ4v) is 2.98. The van der Waals surface area contributed by atoms with Crippen molar-refractivity contribution < 1.29 is 9.53 Å². The molecule has 114 valence electrons. The second kappa shape index (κ2) is 6.72. The van der Waals surface area contributed by atoms with Crippen LogP contribution in [0.15, 0.2) is 41.8 Å². The quantitative estimate of drug-likeness (QED) is 0.760. The lowest BCUT2D eigenvalue weighted by atomic mass is 10.3. The van der Waals surface area contributed by atoms with Gasteiger partial charge >= 0.3 is 0 Å². The van der Waals surface area contributed by atoms with E-state index in [2.05, 4.69) is 10.3 Å². The number of imidazole rings is 1. The molecule has 0 aliphatic heterocycles. The Bertz CT molecular complexity index is 765. The van der Waals surface area contributed by atoms with E-state index >= 15 is 0 Å². The Labute approximate surface area is 132 Å². The molecule has 0 saturated heterocycles. The van der Waals surface area contributed by atoms with Gasteiger partial charge in [0.05, 0.1) is 17.6 Å². The number of nitrogens with one attached hydrogen (secondary N) is 1. The Morgan fingerprint density at radius 2 is 2.18 bits per heavy atom. The van der Waals surface area contributed by atoms with Crippen molar-refractivity contribution in [3.63, 3.8) is 0 Å². The third-order valence-electron chi connectivity index (χ3n) is 3.35. The molecule has 0 unspecified atom stereocenters. The molecule has 0 aliphatic carbocycles. The zero-order valence-corrected chi connectivity index (χ0v) is 13.1. The molecule has 5 nitrogen and oxygen atoms in total. The summed E-state index contributed by atoms with van der Waals surface area (Å²) in [5.74, 6) is 0.726. The zero-order valence-electron chi connectivity index (χ0n) is 12.3. The van der Waals surface area contributed by atoms with Gasteiger partial charge < -0.3 is 14.6 Å². The highest BCUT2D eigenvalue weighted by Crippen LogP contribution is 2.16. The Hall–Kier alpha value is -2.18. The van der Waals surface area contributed by atoms with E-state index in [1.807, 2.05) is 46.3 Å². The molecule has 0 saturated carbocycles. The predicted octanol–water partition coefficient (Wildman–Crippen LogP) is 2.56. The average Bonchev–Trinajstić information content (AvgIpc) is 3.15. The highest BCUT2D eigenvalue weighted by atomic mass is 32.1. The van der Waals surface area contributed by atoms with Crippen molar-refractivity contribution in [2.75, 3.05) is 7.11 Å². The molecule has 2 heterocycles. The van der Waals surface area contributed by atoms with Crippen molar-refractivity contribution >= 4 is 28.3 Å². The summed E-state index contributed by atoms with van der Waals surface area (Å²) in [6, 6.07) is 11.8. The molecule has 1 amide bonds. The monoisotopic (exact) mass is 315 g/mol. The number of thiophene rings is 1. The van der Waals surface area contributed by atoms with Gasteiger partial charge in [-0.2, -0.15) is 0 Å². The Morgan fingerprint density at radius 1 is 1.32 bits per heavy atom. The van der Waals surface area contributed by atoms with Crippen LogP contribution in [0.1, 0.15) is 10.7 Å². The smallest absolute Gasteiger partial charge is 0.240 e. The van der Waals surface area contributed by atoms with E-state index in [0.29, 0.717) is 13.2 Å². The molecule has 2 aromatic heterocycles. The topological polar surface area (TPSA) is 56.2 Å². The fourth-order valence-electron chi connectivity index (χ4n) is 2.34. The second-order valence-electron chi connectivity index (χ2n) is 4.89. The number of carbonyl (C=O) groups is 1. The standard InChI is InChI=1S/C16H17N3O2S/c1-21-11-15-18-13-6-2-3-7-14(13)19(15)10-16(20)17-9-12-5-4-8-22-12/h2-8H,9-11H2,1H3,(H,17,20). The van der Waals surface area contributed by atoms with E-state index in [0.717, 1.165) is 21.7 Å². The van der Waals surface area contributed by atoms with Gasteiger partial charge in [0.2, 0.25) is 5.91 Å². The third-order valence-corrected chi connectivity index (χ3v) is 4.23. The van der Waals surface area contributed by atoms with Crippen LogP contribution in [-0.2, 0) is 29.2 Å². The van der Waals surface area contributed by atoms with Crippen molar-refractivity contribution in [3.8, 4) is 0 Å². The lowest BCUT2D eigenvalue weighted by Gasteiger charge is -2.09. The van der Waals surface area contributed by atoms with Crippen molar-refractivity contribution in [1.82, 2.24) is 14.9 Å². The minimum atomic E-state index is -0.0334. The lowest BCUT2D eigenvalue weighted by Crippen LogP contribution is -2.27. The molecule has 3 rings (SSSR count). The number of fused-ring (bicyclic) bond motifs is 1. The average molecular weight is 315 g/mol. The molecule has 0 aliphatic rings. The zero-order chi connectivity index (χ0) is 15.4. The van der Waals surface area contributed by atoms with Gasteiger partial charge in [-0.1, -0.05) is 18.2 Å². The highest BCUT2D eigenvalue weighted by molar-refractivity contribution is 7.09. The van der Waals surface area contributed by atoms with Gasteiger partial charge in [-0.3, -0.25) is 4.79 Å². The Morgan fingerprint density at radius 3 is 2.95 bits per heavy atom. The van der Waals surface area contributed by atoms with Crippen LogP contribution in [0, 0.1) is 0 Å². The molecule has 0 bridgehead atoms. The number of rotatable bonds is 6. The number of para-hydroxylation sites is 2. The molecule has 6 heteroatoms.